The summed E-state index contributed by atoms with van der Waals surface area (Å²) in [5, 5.41) is 2.14. The first kappa shape index (κ1) is 13.0. The number of ether oxygens (including phenoxy) is 2. The molecule has 4 rings (SSSR count). The standard InChI is InChI=1S/C19H14O3/c20-18-17(14-8-2-1-3-9-14)21-19(22-18)16-12-6-10-13-7-4-5-11-15(13)16/h1-12,17,19H/t17-,19-/m0/s1. The molecule has 1 aliphatic heterocycles. The van der Waals surface area contributed by atoms with Crippen molar-refractivity contribution in [3.63, 3.8) is 0 Å². The monoisotopic (exact) mass is 290 g/mol. The lowest BCUT2D eigenvalue weighted by Gasteiger charge is -2.12. The van der Waals surface area contributed by atoms with Crippen LogP contribution in [0, 0.1) is 0 Å². The van der Waals surface area contributed by atoms with Gasteiger partial charge in [0.1, 0.15) is 0 Å². The normalized spacial score (nSPS) is 21.0. The molecular weight excluding hydrogens is 276 g/mol. The maximum Gasteiger partial charge on any atom is 0.342 e. The Bertz CT molecular complexity index is 821. The Labute approximate surface area is 128 Å². The molecule has 3 aromatic carbocycles. The van der Waals surface area contributed by atoms with Gasteiger partial charge in [0.05, 0.1) is 0 Å². The van der Waals surface area contributed by atoms with E-state index in [2.05, 4.69) is 0 Å². The minimum Gasteiger partial charge on any atom is -0.429 e. The average Bonchev–Trinajstić information content (AvgIpc) is 2.97. The molecule has 1 fully saturated rings. The van der Waals surface area contributed by atoms with Gasteiger partial charge in [-0.2, -0.15) is 0 Å². The Balaban J connectivity index is 1.71. The Kier molecular flexibility index (Phi) is 3.13. The summed E-state index contributed by atoms with van der Waals surface area (Å²) in [7, 11) is 0. The van der Waals surface area contributed by atoms with Crippen LogP contribution < -0.4 is 0 Å². The van der Waals surface area contributed by atoms with Crippen molar-refractivity contribution in [2.75, 3.05) is 0 Å². The molecule has 0 spiro atoms. The van der Waals surface area contributed by atoms with E-state index in [0.717, 1.165) is 21.9 Å². The summed E-state index contributed by atoms with van der Waals surface area (Å²) in [4.78, 5) is 12.1. The summed E-state index contributed by atoms with van der Waals surface area (Å²) >= 11 is 0. The first-order valence-corrected chi connectivity index (χ1v) is 7.21. The van der Waals surface area contributed by atoms with E-state index in [1.54, 1.807) is 0 Å². The average molecular weight is 290 g/mol. The highest BCUT2D eigenvalue weighted by Gasteiger charge is 2.37. The zero-order valence-electron chi connectivity index (χ0n) is 11.8. The number of hydrogen-bond acceptors (Lipinski definition) is 3. The highest BCUT2D eigenvalue weighted by molar-refractivity contribution is 5.86. The lowest BCUT2D eigenvalue weighted by molar-refractivity contribution is -0.144. The number of esters is 1. The molecule has 1 aliphatic rings. The van der Waals surface area contributed by atoms with Gasteiger partial charge < -0.3 is 9.47 Å². The van der Waals surface area contributed by atoms with Crippen LogP contribution in [0.25, 0.3) is 10.8 Å². The second-order valence-electron chi connectivity index (χ2n) is 5.26. The Morgan fingerprint density at radius 2 is 1.50 bits per heavy atom. The van der Waals surface area contributed by atoms with Gasteiger partial charge in [0.2, 0.25) is 6.29 Å². The van der Waals surface area contributed by atoms with Gasteiger partial charge in [-0.1, -0.05) is 72.8 Å². The van der Waals surface area contributed by atoms with Crippen LogP contribution in [0.3, 0.4) is 0 Å². The van der Waals surface area contributed by atoms with E-state index in [9.17, 15) is 4.79 Å². The van der Waals surface area contributed by atoms with Gasteiger partial charge in [-0.05, 0) is 16.3 Å². The summed E-state index contributed by atoms with van der Waals surface area (Å²) in [6, 6.07) is 23.3. The fraction of sp³-hybridized carbons (Fsp3) is 0.105. The van der Waals surface area contributed by atoms with Crippen molar-refractivity contribution in [1.82, 2.24) is 0 Å². The molecule has 0 aromatic heterocycles. The number of cyclic esters (lactones) is 1. The van der Waals surface area contributed by atoms with Crippen LogP contribution in [0.5, 0.6) is 0 Å². The fourth-order valence-corrected chi connectivity index (χ4v) is 2.81. The first-order chi connectivity index (χ1) is 10.8. The van der Waals surface area contributed by atoms with Gasteiger partial charge >= 0.3 is 5.97 Å². The predicted molar refractivity (Wildman–Crippen MR) is 83.0 cm³/mol. The zero-order valence-corrected chi connectivity index (χ0v) is 11.8. The second kappa shape index (κ2) is 5.28. The minimum absolute atomic E-state index is 0.343. The molecule has 3 nitrogen and oxygen atoms in total. The van der Waals surface area contributed by atoms with E-state index in [-0.39, 0.29) is 5.97 Å². The molecule has 0 amide bonds. The van der Waals surface area contributed by atoms with E-state index in [4.69, 9.17) is 9.47 Å². The number of fused-ring (bicyclic) bond motifs is 1. The molecule has 1 heterocycles. The smallest absolute Gasteiger partial charge is 0.342 e. The van der Waals surface area contributed by atoms with Crippen LogP contribution in [0.2, 0.25) is 0 Å². The van der Waals surface area contributed by atoms with Gasteiger partial charge in [-0.3, -0.25) is 0 Å². The van der Waals surface area contributed by atoms with Gasteiger partial charge in [0.15, 0.2) is 6.10 Å². The molecule has 0 N–H and O–H groups in total. The third-order valence-corrected chi connectivity index (χ3v) is 3.88. The molecule has 3 heteroatoms. The molecule has 108 valence electrons. The number of carbonyl (C=O) groups excluding carboxylic acids is 1. The summed E-state index contributed by atoms with van der Waals surface area (Å²) < 4.78 is 11.3. The molecule has 0 saturated carbocycles. The van der Waals surface area contributed by atoms with Gasteiger partial charge in [0, 0.05) is 5.56 Å². The zero-order chi connectivity index (χ0) is 14.9. The molecule has 1 saturated heterocycles. The van der Waals surface area contributed by atoms with Crippen molar-refractivity contribution in [2.24, 2.45) is 0 Å². The maximum atomic E-state index is 12.1. The number of carbonyl (C=O) groups is 1. The third-order valence-electron chi connectivity index (χ3n) is 3.88. The SMILES string of the molecule is O=C1O[C@@H](c2cccc3ccccc23)O[C@H]1c1ccccc1. The van der Waals surface area contributed by atoms with Crippen LogP contribution in [0.15, 0.2) is 72.8 Å². The van der Waals surface area contributed by atoms with Crippen molar-refractivity contribution < 1.29 is 14.3 Å². The van der Waals surface area contributed by atoms with Crippen molar-refractivity contribution in [3.05, 3.63) is 83.9 Å². The Hall–Kier alpha value is -2.65. The predicted octanol–water partition coefficient (Wildman–Crippen LogP) is 4.15. The molecular formula is C19H14O3. The Morgan fingerprint density at radius 1 is 0.773 bits per heavy atom. The molecule has 22 heavy (non-hydrogen) atoms. The molecule has 2 atom stereocenters. The quantitative estimate of drug-likeness (QED) is 0.665. The number of hydrogen-bond donors (Lipinski definition) is 0. The van der Waals surface area contributed by atoms with E-state index < -0.39 is 12.4 Å². The Morgan fingerprint density at radius 3 is 2.36 bits per heavy atom. The number of rotatable bonds is 2. The van der Waals surface area contributed by atoms with Crippen LogP contribution >= 0.6 is 0 Å². The van der Waals surface area contributed by atoms with E-state index >= 15 is 0 Å². The molecule has 0 bridgehead atoms. The number of benzene rings is 3. The van der Waals surface area contributed by atoms with E-state index in [1.807, 2.05) is 72.8 Å². The van der Waals surface area contributed by atoms with E-state index in [0.29, 0.717) is 0 Å². The summed E-state index contributed by atoms with van der Waals surface area (Å²) in [5.74, 6) is -0.343. The summed E-state index contributed by atoms with van der Waals surface area (Å²) in [5.41, 5.74) is 1.69. The molecule has 0 unspecified atom stereocenters. The lowest BCUT2D eigenvalue weighted by Crippen LogP contribution is -2.06. The first-order valence-electron chi connectivity index (χ1n) is 7.21. The van der Waals surface area contributed by atoms with Crippen LogP contribution in [0.4, 0.5) is 0 Å². The van der Waals surface area contributed by atoms with Crippen LogP contribution in [-0.4, -0.2) is 5.97 Å². The summed E-state index contributed by atoms with van der Waals surface area (Å²) in [6.07, 6.45) is -1.33. The third kappa shape index (κ3) is 2.16. The maximum absolute atomic E-state index is 12.1. The van der Waals surface area contributed by atoms with Gasteiger partial charge in [-0.25, -0.2) is 4.79 Å². The van der Waals surface area contributed by atoms with Gasteiger partial charge in [0.25, 0.3) is 0 Å². The topological polar surface area (TPSA) is 35.5 Å². The van der Waals surface area contributed by atoms with Gasteiger partial charge in [-0.15, -0.1) is 0 Å². The van der Waals surface area contributed by atoms with Crippen molar-refractivity contribution in [3.8, 4) is 0 Å². The fourth-order valence-electron chi connectivity index (χ4n) is 2.81. The van der Waals surface area contributed by atoms with Crippen molar-refractivity contribution in [1.29, 1.82) is 0 Å². The van der Waals surface area contributed by atoms with Crippen LogP contribution in [0.1, 0.15) is 23.5 Å². The van der Waals surface area contributed by atoms with Crippen molar-refractivity contribution >= 4 is 16.7 Å². The minimum atomic E-state index is -0.663. The van der Waals surface area contributed by atoms with Crippen LogP contribution in [-0.2, 0) is 14.3 Å². The summed E-state index contributed by atoms with van der Waals surface area (Å²) in [6.45, 7) is 0. The molecule has 3 aromatic rings. The van der Waals surface area contributed by atoms with Crippen molar-refractivity contribution in [2.45, 2.75) is 12.4 Å². The van der Waals surface area contributed by atoms with E-state index in [1.165, 1.54) is 0 Å². The lowest BCUT2D eigenvalue weighted by atomic mass is 10.0. The largest absolute Gasteiger partial charge is 0.429 e. The highest BCUT2D eigenvalue weighted by atomic mass is 16.8. The molecule has 0 aliphatic carbocycles. The second-order valence-corrected chi connectivity index (χ2v) is 5.26. The highest BCUT2D eigenvalue weighted by Crippen LogP contribution is 2.38. The molecule has 0 radical (unpaired) electrons.